The second kappa shape index (κ2) is 7.70. The van der Waals surface area contributed by atoms with Crippen molar-refractivity contribution in [3.63, 3.8) is 0 Å². The molecule has 6 nitrogen and oxygen atoms in total. The van der Waals surface area contributed by atoms with Crippen LogP contribution in [0.15, 0.2) is 30.6 Å². The molecule has 1 aromatic carbocycles. The van der Waals surface area contributed by atoms with Gasteiger partial charge in [-0.3, -0.25) is 4.40 Å². The molecule has 2 aromatic heterocycles. The highest BCUT2D eigenvalue weighted by Crippen LogP contribution is 2.37. The van der Waals surface area contributed by atoms with Crippen LogP contribution in [0.25, 0.3) is 17.0 Å². The highest BCUT2D eigenvalue weighted by Gasteiger charge is 2.27. The van der Waals surface area contributed by atoms with Gasteiger partial charge >= 0.3 is 0 Å². The molecule has 1 saturated carbocycles. The molecule has 2 aliphatic rings. The molecule has 2 fully saturated rings. The molecule has 0 unspecified atom stereocenters. The van der Waals surface area contributed by atoms with Crippen molar-refractivity contribution in [3.05, 3.63) is 41.2 Å². The second-order valence-electron chi connectivity index (χ2n) is 7.64. The molecule has 3 heterocycles. The number of halogens is 1. The van der Waals surface area contributed by atoms with Gasteiger partial charge in [0, 0.05) is 49.4 Å². The van der Waals surface area contributed by atoms with Crippen LogP contribution in [0.1, 0.15) is 18.4 Å². The number of imidazole rings is 1. The van der Waals surface area contributed by atoms with E-state index in [9.17, 15) is 0 Å². The van der Waals surface area contributed by atoms with Gasteiger partial charge in [0.1, 0.15) is 11.6 Å². The highest BCUT2D eigenvalue weighted by atomic mass is 35.5. The normalized spacial score (nSPS) is 17.8. The van der Waals surface area contributed by atoms with Crippen LogP contribution in [0.5, 0.6) is 5.75 Å². The summed E-state index contributed by atoms with van der Waals surface area (Å²) < 4.78 is 9.79. The van der Waals surface area contributed by atoms with Gasteiger partial charge in [0.25, 0.3) is 0 Å². The average Bonchev–Trinajstić information content (AvgIpc) is 3.44. The van der Waals surface area contributed by atoms with Crippen LogP contribution in [0.3, 0.4) is 0 Å². The molecule has 0 amide bonds. The molecule has 29 heavy (non-hydrogen) atoms. The molecule has 0 spiro atoms. The van der Waals surface area contributed by atoms with E-state index in [1.54, 1.807) is 7.11 Å². The molecular weight excluding hydrogens is 406 g/mol. The second-order valence-corrected chi connectivity index (χ2v) is 9.44. The minimum absolute atomic E-state index is 0.584. The van der Waals surface area contributed by atoms with Crippen molar-refractivity contribution in [1.82, 2.24) is 18.7 Å². The van der Waals surface area contributed by atoms with Gasteiger partial charge in [0.05, 0.1) is 17.8 Å². The van der Waals surface area contributed by atoms with Crippen molar-refractivity contribution in [1.29, 1.82) is 0 Å². The molecule has 0 bridgehead atoms. The maximum atomic E-state index is 6.34. The number of piperazine rings is 1. The number of fused-ring (bicyclic) bond motifs is 1. The lowest BCUT2D eigenvalue weighted by atomic mass is 10.1. The topological polar surface area (TPSA) is 45.9 Å². The fourth-order valence-corrected chi connectivity index (χ4v) is 5.05. The van der Waals surface area contributed by atoms with Crippen molar-refractivity contribution < 1.29 is 4.74 Å². The summed E-state index contributed by atoms with van der Waals surface area (Å²) in [4.78, 5) is 11.9. The van der Waals surface area contributed by atoms with Crippen LogP contribution in [0.2, 0.25) is 5.02 Å². The Kier molecular flexibility index (Phi) is 5.05. The SMILES string of the molecule is COc1cc(C)c(-c2cn3ccc(N4CCN(SC5CC5)CC4)nc3n2)cc1Cl. The monoisotopic (exact) mass is 429 g/mol. The summed E-state index contributed by atoms with van der Waals surface area (Å²) >= 11 is 8.38. The van der Waals surface area contributed by atoms with Gasteiger partial charge in [-0.25, -0.2) is 9.29 Å². The Labute approximate surface area is 180 Å². The maximum absolute atomic E-state index is 6.34. The highest BCUT2D eigenvalue weighted by molar-refractivity contribution is 7.97. The zero-order valence-corrected chi connectivity index (χ0v) is 18.2. The number of aromatic nitrogens is 3. The summed E-state index contributed by atoms with van der Waals surface area (Å²) in [6.45, 7) is 6.21. The zero-order chi connectivity index (χ0) is 20.0. The standard InChI is InChI=1S/C21H24ClN5OS/c1-14-11-19(28-2)17(22)12-16(14)18-13-26-6-5-20(24-21(26)23-18)25-7-9-27(10-8-25)29-15-3-4-15/h5-6,11-13,15H,3-4,7-10H2,1-2H3. The van der Waals surface area contributed by atoms with Gasteiger partial charge in [0.2, 0.25) is 5.78 Å². The number of rotatable bonds is 5. The van der Waals surface area contributed by atoms with Crippen molar-refractivity contribution in [2.24, 2.45) is 0 Å². The van der Waals surface area contributed by atoms with Crippen LogP contribution < -0.4 is 9.64 Å². The largest absolute Gasteiger partial charge is 0.495 e. The summed E-state index contributed by atoms with van der Waals surface area (Å²) in [7, 11) is 1.63. The quantitative estimate of drug-likeness (QED) is 0.563. The molecular formula is C21H24ClN5OS. The fraction of sp³-hybridized carbons (Fsp3) is 0.429. The average molecular weight is 430 g/mol. The lowest BCUT2D eigenvalue weighted by Gasteiger charge is -2.34. The van der Waals surface area contributed by atoms with E-state index >= 15 is 0 Å². The first-order chi connectivity index (χ1) is 14.1. The Hall–Kier alpha value is -1.96. The third-order valence-corrected chi connectivity index (χ3v) is 7.20. The van der Waals surface area contributed by atoms with Crippen LogP contribution in [-0.4, -0.2) is 57.2 Å². The first kappa shape index (κ1) is 19.0. The minimum atomic E-state index is 0.584. The van der Waals surface area contributed by atoms with Crippen LogP contribution in [-0.2, 0) is 0 Å². The van der Waals surface area contributed by atoms with E-state index in [2.05, 4.69) is 15.3 Å². The number of hydrogen-bond acceptors (Lipinski definition) is 6. The first-order valence-corrected chi connectivity index (χ1v) is 11.2. The third-order valence-electron chi connectivity index (χ3n) is 5.47. The van der Waals surface area contributed by atoms with E-state index in [1.165, 1.54) is 12.8 Å². The van der Waals surface area contributed by atoms with Crippen molar-refractivity contribution >= 4 is 35.1 Å². The molecule has 0 atom stereocenters. The smallest absolute Gasteiger partial charge is 0.236 e. The third kappa shape index (κ3) is 3.91. The van der Waals surface area contributed by atoms with Crippen molar-refractivity contribution in [2.45, 2.75) is 25.0 Å². The van der Waals surface area contributed by atoms with Gasteiger partial charge in [0.15, 0.2) is 0 Å². The number of methoxy groups -OCH3 is 1. The summed E-state index contributed by atoms with van der Waals surface area (Å²) in [5.41, 5.74) is 2.93. The fourth-order valence-electron chi connectivity index (χ4n) is 3.66. The Morgan fingerprint density at radius 1 is 1.14 bits per heavy atom. The minimum Gasteiger partial charge on any atom is -0.495 e. The summed E-state index contributed by atoms with van der Waals surface area (Å²) in [5, 5.41) is 1.45. The lowest BCUT2D eigenvalue weighted by molar-refractivity contribution is 0.415. The predicted molar refractivity (Wildman–Crippen MR) is 119 cm³/mol. The van der Waals surface area contributed by atoms with E-state index in [1.807, 2.05) is 47.8 Å². The van der Waals surface area contributed by atoms with Crippen LogP contribution in [0.4, 0.5) is 5.82 Å². The predicted octanol–water partition coefficient (Wildman–Crippen LogP) is 4.30. The summed E-state index contributed by atoms with van der Waals surface area (Å²) in [6, 6.07) is 5.94. The van der Waals surface area contributed by atoms with Gasteiger partial charge in [-0.05, 0) is 43.5 Å². The number of benzene rings is 1. The zero-order valence-electron chi connectivity index (χ0n) is 16.6. The van der Waals surface area contributed by atoms with Crippen molar-refractivity contribution in [2.75, 3.05) is 38.2 Å². The van der Waals surface area contributed by atoms with Crippen molar-refractivity contribution in [3.8, 4) is 17.0 Å². The molecule has 1 aliphatic heterocycles. The molecule has 5 rings (SSSR count). The van der Waals surface area contributed by atoms with Crippen LogP contribution in [0, 0.1) is 6.92 Å². The molecule has 3 aromatic rings. The van der Waals surface area contributed by atoms with E-state index in [4.69, 9.17) is 26.3 Å². The number of ether oxygens (including phenoxy) is 1. The van der Waals surface area contributed by atoms with Gasteiger partial charge in [-0.2, -0.15) is 4.98 Å². The van der Waals surface area contributed by atoms with Gasteiger partial charge in [-0.15, -0.1) is 0 Å². The first-order valence-electron chi connectivity index (χ1n) is 9.97. The molecule has 152 valence electrons. The Morgan fingerprint density at radius 3 is 2.66 bits per heavy atom. The van der Waals surface area contributed by atoms with E-state index < -0.39 is 0 Å². The lowest BCUT2D eigenvalue weighted by Crippen LogP contribution is -2.44. The number of anilines is 1. The van der Waals surface area contributed by atoms with Crippen LogP contribution >= 0.6 is 23.5 Å². The Morgan fingerprint density at radius 2 is 1.93 bits per heavy atom. The van der Waals surface area contributed by atoms with Gasteiger partial charge in [-0.1, -0.05) is 23.5 Å². The molecule has 8 heteroatoms. The van der Waals surface area contributed by atoms with Gasteiger partial charge < -0.3 is 9.64 Å². The molecule has 0 N–H and O–H groups in total. The Balaban J connectivity index is 1.37. The van der Waals surface area contributed by atoms with E-state index in [0.29, 0.717) is 16.5 Å². The molecule has 1 aliphatic carbocycles. The van der Waals surface area contributed by atoms with E-state index in [0.717, 1.165) is 54.1 Å². The maximum Gasteiger partial charge on any atom is 0.236 e. The number of nitrogens with zero attached hydrogens (tertiary/aromatic N) is 5. The molecule has 0 radical (unpaired) electrons. The number of hydrogen-bond donors (Lipinski definition) is 0. The Bertz CT molecular complexity index is 1040. The summed E-state index contributed by atoms with van der Waals surface area (Å²) in [5.74, 6) is 2.38. The van der Waals surface area contributed by atoms with E-state index in [-0.39, 0.29) is 0 Å². The number of aryl methyl sites for hydroxylation is 1. The molecule has 1 saturated heterocycles. The summed E-state index contributed by atoms with van der Waals surface area (Å²) in [6.07, 6.45) is 6.80.